The Balaban J connectivity index is 1.71. The Hall–Kier alpha value is -3.89. The van der Waals surface area contributed by atoms with Crippen molar-refractivity contribution in [2.45, 2.75) is 44.9 Å². The summed E-state index contributed by atoms with van der Waals surface area (Å²) in [4.78, 5) is 35.1. The lowest BCUT2D eigenvalue weighted by Gasteiger charge is -2.28. The zero-order valence-corrected chi connectivity index (χ0v) is 18.5. The van der Waals surface area contributed by atoms with E-state index < -0.39 is 33.7 Å². The normalized spacial score (nSPS) is 18.0. The first-order valence-corrected chi connectivity index (χ1v) is 10.3. The van der Waals surface area contributed by atoms with Crippen molar-refractivity contribution >= 4 is 17.5 Å². The van der Waals surface area contributed by atoms with Crippen LogP contribution in [0.2, 0.25) is 0 Å². The zero-order chi connectivity index (χ0) is 24.2. The van der Waals surface area contributed by atoms with Gasteiger partial charge in [-0.15, -0.1) is 0 Å². The van der Waals surface area contributed by atoms with Crippen molar-refractivity contribution in [2.24, 2.45) is 0 Å². The number of ether oxygens (including phenoxy) is 3. The molecule has 11 nitrogen and oxygen atoms in total. The number of likely N-dealkylation sites (tertiary alicyclic amines) is 1. The summed E-state index contributed by atoms with van der Waals surface area (Å²) in [5.74, 6) is 0.753. The zero-order valence-electron chi connectivity index (χ0n) is 18.5. The molecule has 1 amide bonds. The predicted molar refractivity (Wildman–Crippen MR) is 117 cm³/mol. The quantitative estimate of drug-likeness (QED) is 0.441. The van der Waals surface area contributed by atoms with Crippen molar-refractivity contribution in [3.05, 3.63) is 68.8 Å². The van der Waals surface area contributed by atoms with Crippen molar-refractivity contribution in [3.8, 4) is 11.5 Å². The van der Waals surface area contributed by atoms with E-state index in [2.05, 4.69) is 0 Å². The van der Waals surface area contributed by atoms with E-state index in [-0.39, 0.29) is 24.5 Å². The lowest BCUT2D eigenvalue weighted by Crippen LogP contribution is -2.42. The molecule has 1 saturated heterocycles. The van der Waals surface area contributed by atoms with Gasteiger partial charge in [-0.05, 0) is 39.0 Å². The number of nitrogens with zero attached hydrogens (tertiary/aromatic N) is 3. The summed E-state index contributed by atoms with van der Waals surface area (Å²) < 4.78 is 17.2. The SMILES string of the molecule is CC(C)(C)OC(=O)N1C[C@H](Oc2cccc([N+](=O)[O-])c2)C[C@H]1COc1ccc([N+](=O)[O-])cc1. The minimum atomic E-state index is -0.695. The van der Waals surface area contributed by atoms with Gasteiger partial charge in [0.2, 0.25) is 0 Å². The van der Waals surface area contributed by atoms with Crippen LogP contribution in [0.15, 0.2) is 48.5 Å². The van der Waals surface area contributed by atoms with Gasteiger partial charge in [0.05, 0.1) is 28.5 Å². The summed E-state index contributed by atoms with van der Waals surface area (Å²) in [6.45, 7) is 5.62. The molecule has 11 heteroatoms. The number of hydrogen-bond donors (Lipinski definition) is 0. The first kappa shape index (κ1) is 23.8. The van der Waals surface area contributed by atoms with Crippen LogP contribution in [0.4, 0.5) is 16.2 Å². The molecular formula is C22H25N3O8. The summed E-state index contributed by atoms with van der Waals surface area (Å²) in [5, 5.41) is 21.8. The van der Waals surface area contributed by atoms with Crippen molar-refractivity contribution < 1.29 is 28.9 Å². The highest BCUT2D eigenvalue weighted by Crippen LogP contribution is 2.28. The maximum Gasteiger partial charge on any atom is 0.410 e. The number of nitro benzene ring substituents is 2. The molecule has 0 N–H and O–H groups in total. The molecule has 1 heterocycles. The molecule has 0 aromatic heterocycles. The molecule has 0 bridgehead atoms. The van der Waals surface area contributed by atoms with Crippen LogP contribution in [0, 0.1) is 20.2 Å². The monoisotopic (exact) mass is 459 g/mol. The summed E-state index contributed by atoms with van der Waals surface area (Å²) in [5.41, 5.74) is -0.837. The summed E-state index contributed by atoms with van der Waals surface area (Å²) in [6.07, 6.45) is -0.538. The van der Waals surface area contributed by atoms with E-state index in [4.69, 9.17) is 14.2 Å². The van der Waals surface area contributed by atoms with E-state index in [0.717, 1.165) is 0 Å². The number of benzene rings is 2. The highest BCUT2D eigenvalue weighted by Gasteiger charge is 2.39. The molecule has 2 aromatic carbocycles. The van der Waals surface area contributed by atoms with Crippen LogP contribution in [-0.2, 0) is 4.74 Å². The Morgan fingerprint density at radius 3 is 2.30 bits per heavy atom. The molecule has 1 aliphatic heterocycles. The van der Waals surface area contributed by atoms with Gasteiger partial charge in [0.15, 0.2) is 0 Å². The van der Waals surface area contributed by atoms with Crippen LogP contribution < -0.4 is 9.47 Å². The second kappa shape index (κ2) is 9.72. The first-order valence-electron chi connectivity index (χ1n) is 10.3. The molecule has 1 aliphatic rings. The van der Waals surface area contributed by atoms with Crippen molar-refractivity contribution in [1.82, 2.24) is 4.90 Å². The maximum absolute atomic E-state index is 12.8. The third-order valence-corrected chi connectivity index (χ3v) is 4.83. The maximum atomic E-state index is 12.8. The lowest BCUT2D eigenvalue weighted by molar-refractivity contribution is -0.385. The van der Waals surface area contributed by atoms with Gasteiger partial charge in [0, 0.05) is 24.6 Å². The van der Waals surface area contributed by atoms with Crippen LogP contribution in [0.25, 0.3) is 0 Å². The van der Waals surface area contributed by atoms with Crippen LogP contribution >= 0.6 is 0 Å². The van der Waals surface area contributed by atoms with Gasteiger partial charge in [-0.3, -0.25) is 25.1 Å². The summed E-state index contributed by atoms with van der Waals surface area (Å²) in [6, 6.07) is 11.1. The molecule has 0 saturated carbocycles. The number of carbonyl (C=O) groups is 1. The minimum absolute atomic E-state index is 0.0518. The Bertz CT molecular complexity index is 1020. The van der Waals surface area contributed by atoms with Gasteiger partial charge in [-0.1, -0.05) is 6.07 Å². The Kier molecular flexibility index (Phi) is 7.00. The fourth-order valence-corrected chi connectivity index (χ4v) is 3.38. The molecular weight excluding hydrogens is 434 g/mol. The number of rotatable bonds is 7. The summed E-state index contributed by atoms with van der Waals surface area (Å²) >= 11 is 0. The molecule has 0 radical (unpaired) electrons. The van der Waals surface area contributed by atoms with Gasteiger partial charge in [-0.2, -0.15) is 0 Å². The fourth-order valence-electron chi connectivity index (χ4n) is 3.38. The molecule has 0 spiro atoms. The molecule has 2 aromatic rings. The van der Waals surface area contributed by atoms with Gasteiger partial charge >= 0.3 is 6.09 Å². The molecule has 33 heavy (non-hydrogen) atoms. The van der Waals surface area contributed by atoms with Gasteiger partial charge < -0.3 is 14.2 Å². The minimum Gasteiger partial charge on any atom is -0.491 e. The number of non-ortho nitro benzene ring substituents is 2. The van der Waals surface area contributed by atoms with Gasteiger partial charge in [0.1, 0.15) is 29.8 Å². The average Bonchev–Trinajstić information content (AvgIpc) is 3.14. The predicted octanol–water partition coefficient (Wildman–Crippen LogP) is 4.34. The Morgan fingerprint density at radius 1 is 1.03 bits per heavy atom. The van der Waals surface area contributed by atoms with Crippen molar-refractivity contribution in [2.75, 3.05) is 13.2 Å². The van der Waals surface area contributed by atoms with Crippen molar-refractivity contribution in [1.29, 1.82) is 0 Å². The lowest BCUT2D eigenvalue weighted by atomic mass is 10.2. The Morgan fingerprint density at radius 2 is 1.70 bits per heavy atom. The Labute approximate surface area is 190 Å². The highest BCUT2D eigenvalue weighted by molar-refractivity contribution is 5.69. The number of nitro groups is 2. The number of carbonyl (C=O) groups excluding carboxylic acids is 1. The molecule has 0 unspecified atom stereocenters. The average molecular weight is 459 g/mol. The summed E-state index contributed by atoms with van der Waals surface area (Å²) in [7, 11) is 0. The molecule has 0 aliphatic carbocycles. The van der Waals surface area contributed by atoms with Crippen molar-refractivity contribution in [3.63, 3.8) is 0 Å². The number of amides is 1. The van der Waals surface area contributed by atoms with E-state index >= 15 is 0 Å². The second-order valence-electron chi connectivity index (χ2n) is 8.58. The molecule has 176 valence electrons. The van der Waals surface area contributed by atoms with E-state index in [9.17, 15) is 25.0 Å². The largest absolute Gasteiger partial charge is 0.491 e. The first-order chi connectivity index (χ1) is 15.5. The van der Waals surface area contributed by atoms with Crippen LogP contribution in [-0.4, -0.2) is 51.7 Å². The standard InChI is InChI=1S/C22H25N3O8/c1-22(2,3)33-21(26)23-13-20(32-19-6-4-5-16(11-19)25(29)30)12-17(23)14-31-18-9-7-15(8-10-18)24(27)28/h4-11,17,20H,12-14H2,1-3H3/t17-,20+/m0/s1. The molecule has 3 rings (SSSR count). The third-order valence-electron chi connectivity index (χ3n) is 4.83. The number of hydrogen-bond acceptors (Lipinski definition) is 8. The highest BCUT2D eigenvalue weighted by atomic mass is 16.6. The van der Waals surface area contributed by atoms with E-state index in [0.29, 0.717) is 17.9 Å². The third kappa shape index (κ3) is 6.55. The molecule has 2 atom stereocenters. The van der Waals surface area contributed by atoms with Gasteiger partial charge in [-0.25, -0.2) is 4.79 Å². The molecule has 1 fully saturated rings. The van der Waals surface area contributed by atoms with Gasteiger partial charge in [0.25, 0.3) is 11.4 Å². The second-order valence-corrected chi connectivity index (χ2v) is 8.58. The van der Waals surface area contributed by atoms with E-state index in [1.54, 1.807) is 26.8 Å². The topological polar surface area (TPSA) is 134 Å². The van der Waals surface area contributed by atoms with Crippen LogP contribution in [0.5, 0.6) is 11.5 Å². The van der Waals surface area contributed by atoms with E-state index in [1.165, 1.54) is 47.4 Å². The van der Waals surface area contributed by atoms with Crippen LogP contribution in [0.1, 0.15) is 27.2 Å². The van der Waals surface area contributed by atoms with Crippen LogP contribution in [0.3, 0.4) is 0 Å². The van der Waals surface area contributed by atoms with E-state index in [1.807, 2.05) is 0 Å². The fraction of sp³-hybridized carbons (Fsp3) is 0.409. The smallest absolute Gasteiger partial charge is 0.410 e.